The van der Waals surface area contributed by atoms with Gasteiger partial charge in [0.05, 0.1) is 6.61 Å². The predicted molar refractivity (Wildman–Crippen MR) is 88.1 cm³/mol. The van der Waals surface area contributed by atoms with Crippen LogP contribution in [0.2, 0.25) is 12.1 Å². The average Bonchev–Trinajstić information content (AvgIpc) is 2.46. The van der Waals surface area contributed by atoms with Gasteiger partial charge in [0.25, 0.3) is 0 Å². The molecule has 0 heterocycles. The molecule has 0 aliphatic carbocycles. The molecule has 0 atom stereocenters. The number of hydrogen-bond acceptors (Lipinski definition) is 1. The summed E-state index contributed by atoms with van der Waals surface area (Å²) in [6, 6.07) is 13.1. The van der Waals surface area contributed by atoms with Gasteiger partial charge in [-0.1, -0.05) is 75.7 Å². The quantitative estimate of drug-likeness (QED) is 0.393. The smallest absolute Gasteiger partial charge is 0.119 e. The van der Waals surface area contributed by atoms with Crippen LogP contribution >= 0.6 is 0 Å². The van der Waals surface area contributed by atoms with Crippen molar-refractivity contribution in [2.45, 2.75) is 64.0 Å². The van der Waals surface area contributed by atoms with Gasteiger partial charge in [-0.15, -0.1) is 0 Å². The van der Waals surface area contributed by atoms with Gasteiger partial charge in [-0.25, -0.2) is 0 Å². The lowest BCUT2D eigenvalue weighted by molar-refractivity contribution is 0.317. The molecule has 2 heteroatoms. The summed E-state index contributed by atoms with van der Waals surface area (Å²) in [7, 11) is 0.192. The average molecular weight is 279 g/mol. The number of hydrogen-bond donors (Lipinski definition) is 0. The molecule has 0 saturated carbocycles. The van der Waals surface area contributed by atoms with E-state index in [0.29, 0.717) is 0 Å². The fraction of sp³-hybridized carbons (Fsp3) is 0.647. The van der Waals surface area contributed by atoms with Gasteiger partial charge in [0.1, 0.15) is 5.75 Å². The van der Waals surface area contributed by atoms with Crippen LogP contribution < -0.4 is 4.74 Å². The van der Waals surface area contributed by atoms with Crippen LogP contribution in [0.1, 0.15) is 51.9 Å². The van der Waals surface area contributed by atoms with Crippen molar-refractivity contribution in [1.82, 2.24) is 0 Å². The lowest BCUT2D eigenvalue weighted by Gasteiger charge is -2.05. The number of benzene rings is 1. The van der Waals surface area contributed by atoms with Crippen LogP contribution in [0.4, 0.5) is 0 Å². The van der Waals surface area contributed by atoms with E-state index in [2.05, 4.69) is 6.92 Å². The fourth-order valence-corrected chi connectivity index (χ4v) is 3.91. The molecule has 0 radical (unpaired) electrons. The molecule has 0 N–H and O–H groups in total. The third kappa shape index (κ3) is 9.77. The molecule has 0 fully saturated rings. The Balaban J connectivity index is 1.79. The number of para-hydroxylation sites is 1. The van der Waals surface area contributed by atoms with Crippen LogP contribution in [0, 0.1) is 0 Å². The van der Waals surface area contributed by atoms with Gasteiger partial charge in [-0.2, -0.15) is 0 Å². The zero-order valence-electron chi connectivity index (χ0n) is 12.6. The van der Waals surface area contributed by atoms with Crippen molar-refractivity contribution in [3.05, 3.63) is 30.3 Å². The van der Waals surface area contributed by atoms with E-state index in [4.69, 9.17) is 4.74 Å². The first-order valence-electron chi connectivity index (χ1n) is 8.11. The Kier molecular flexibility index (Phi) is 10.5. The number of rotatable bonds is 12. The highest BCUT2D eigenvalue weighted by Crippen LogP contribution is 2.10. The van der Waals surface area contributed by atoms with Gasteiger partial charge < -0.3 is 4.74 Å². The first-order valence-corrected chi connectivity index (χ1v) is 10.1. The summed E-state index contributed by atoms with van der Waals surface area (Å²) in [5.41, 5.74) is 0. The maximum Gasteiger partial charge on any atom is 0.119 e. The standard InChI is InChI=1S/C17H30OSi/c1-2-3-4-5-6-10-15-19-16-11-14-18-17-12-8-7-9-13-17/h7-9,12-13H,2-6,10-11,14-16,19H2,1H3. The van der Waals surface area contributed by atoms with E-state index in [0.717, 1.165) is 12.4 Å². The lowest BCUT2D eigenvalue weighted by atomic mass is 10.1. The van der Waals surface area contributed by atoms with Crippen molar-refractivity contribution in [2.75, 3.05) is 6.61 Å². The van der Waals surface area contributed by atoms with Gasteiger partial charge >= 0.3 is 0 Å². The van der Waals surface area contributed by atoms with Crippen LogP contribution in [0.25, 0.3) is 0 Å². The minimum Gasteiger partial charge on any atom is -0.494 e. The van der Waals surface area contributed by atoms with Crippen LogP contribution in [0.3, 0.4) is 0 Å². The third-order valence-corrected chi connectivity index (χ3v) is 5.51. The van der Waals surface area contributed by atoms with Crippen molar-refractivity contribution in [3.63, 3.8) is 0 Å². The largest absolute Gasteiger partial charge is 0.494 e. The molecule has 108 valence electrons. The third-order valence-electron chi connectivity index (χ3n) is 3.51. The summed E-state index contributed by atoms with van der Waals surface area (Å²) in [4.78, 5) is 0. The maximum absolute atomic E-state index is 5.70. The maximum atomic E-state index is 5.70. The zero-order chi connectivity index (χ0) is 13.6. The van der Waals surface area contributed by atoms with Crippen LogP contribution in [0.5, 0.6) is 5.75 Å². The molecule has 0 spiro atoms. The molecular weight excluding hydrogens is 248 g/mol. The second kappa shape index (κ2) is 12.3. The van der Waals surface area contributed by atoms with Crippen molar-refractivity contribution >= 4 is 9.52 Å². The summed E-state index contributed by atoms with van der Waals surface area (Å²) in [6.07, 6.45) is 9.88. The summed E-state index contributed by atoms with van der Waals surface area (Å²) < 4.78 is 5.70. The van der Waals surface area contributed by atoms with E-state index in [1.165, 1.54) is 57.0 Å². The highest BCUT2D eigenvalue weighted by atomic mass is 28.2. The zero-order valence-corrected chi connectivity index (χ0v) is 14.0. The van der Waals surface area contributed by atoms with Crippen LogP contribution in [0.15, 0.2) is 30.3 Å². The molecule has 1 rings (SSSR count). The molecular formula is C17H30OSi. The van der Waals surface area contributed by atoms with E-state index in [1.807, 2.05) is 30.3 Å². The molecule has 0 saturated heterocycles. The van der Waals surface area contributed by atoms with Crippen molar-refractivity contribution in [2.24, 2.45) is 0 Å². The minimum atomic E-state index is 0.192. The second-order valence-corrected chi connectivity index (χ2v) is 7.46. The lowest BCUT2D eigenvalue weighted by Crippen LogP contribution is -1.99. The Labute approximate surface area is 121 Å². The second-order valence-electron chi connectivity index (χ2n) is 5.34. The Morgan fingerprint density at radius 1 is 0.842 bits per heavy atom. The molecule has 0 aliphatic rings. The summed E-state index contributed by atoms with van der Waals surface area (Å²) >= 11 is 0. The predicted octanol–water partition coefficient (Wildman–Crippen LogP) is 4.82. The topological polar surface area (TPSA) is 9.23 Å². The molecule has 1 aromatic carbocycles. The Morgan fingerprint density at radius 3 is 2.32 bits per heavy atom. The molecule has 1 nitrogen and oxygen atoms in total. The summed E-state index contributed by atoms with van der Waals surface area (Å²) in [6.45, 7) is 3.18. The van der Waals surface area contributed by atoms with E-state index in [9.17, 15) is 0 Å². The Morgan fingerprint density at radius 2 is 1.53 bits per heavy atom. The summed E-state index contributed by atoms with van der Waals surface area (Å²) in [5.74, 6) is 1.01. The SMILES string of the molecule is CCCCCCCC[SiH2]CCCOc1ccccc1. The van der Waals surface area contributed by atoms with Crippen LogP contribution in [-0.2, 0) is 0 Å². The molecule has 19 heavy (non-hydrogen) atoms. The van der Waals surface area contributed by atoms with Crippen molar-refractivity contribution in [1.29, 1.82) is 0 Å². The highest BCUT2D eigenvalue weighted by molar-refractivity contribution is 6.35. The molecule has 0 amide bonds. The monoisotopic (exact) mass is 278 g/mol. The first-order chi connectivity index (χ1) is 9.43. The normalized spacial score (nSPS) is 11.2. The molecule has 0 aromatic heterocycles. The highest BCUT2D eigenvalue weighted by Gasteiger charge is 1.94. The minimum absolute atomic E-state index is 0.192. The van der Waals surface area contributed by atoms with Gasteiger partial charge in [0, 0.05) is 9.52 Å². The van der Waals surface area contributed by atoms with Gasteiger partial charge in [0.2, 0.25) is 0 Å². The molecule has 0 bridgehead atoms. The van der Waals surface area contributed by atoms with Crippen molar-refractivity contribution in [3.8, 4) is 5.75 Å². The van der Waals surface area contributed by atoms with Gasteiger partial charge in [-0.05, 0) is 18.6 Å². The summed E-state index contributed by atoms with van der Waals surface area (Å²) in [5, 5.41) is 0. The molecule has 0 aliphatic heterocycles. The molecule has 0 unspecified atom stereocenters. The van der Waals surface area contributed by atoms with E-state index in [1.54, 1.807) is 0 Å². The fourth-order valence-electron chi connectivity index (χ4n) is 2.30. The van der Waals surface area contributed by atoms with Gasteiger partial charge in [-0.3, -0.25) is 0 Å². The van der Waals surface area contributed by atoms with Crippen molar-refractivity contribution < 1.29 is 4.74 Å². The first kappa shape index (κ1) is 16.3. The Hall–Kier alpha value is -0.763. The van der Waals surface area contributed by atoms with Gasteiger partial charge in [0.15, 0.2) is 0 Å². The number of unbranched alkanes of at least 4 members (excludes halogenated alkanes) is 5. The van der Waals surface area contributed by atoms with E-state index < -0.39 is 0 Å². The Bertz CT molecular complexity index is 287. The van der Waals surface area contributed by atoms with Crippen LogP contribution in [-0.4, -0.2) is 16.1 Å². The van der Waals surface area contributed by atoms with E-state index in [-0.39, 0.29) is 9.52 Å². The number of ether oxygens (including phenoxy) is 1. The molecule has 1 aromatic rings. The van der Waals surface area contributed by atoms with E-state index >= 15 is 0 Å².